The van der Waals surface area contributed by atoms with Crippen molar-refractivity contribution in [2.24, 2.45) is 5.92 Å². The van der Waals surface area contributed by atoms with Gasteiger partial charge in [0.1, 0.15) is 0 Å². The summed E-state index contributed by atoms with van der Waals surface area (Å²) in [5.41, 5.74) is 3.52. The van der Waals surface area contributed by atoms with Gasteiger partial charge >= 0.3 is 0 Å². The summed E-state index contributed by atoms with van der Waals surface area (Å²) < 4.78 is 27.3. The van der Waals surface area contributed by atoms with Crippen molar-refractivity contribution < 1.29 is 13.2 Å². The number of likely N-dealkylation sites (tertiary alicyclic amines) is 1. The van der Waals surface area contributed by atoms with Crippen LogP contribution in [0.25, 0.3) is 0 Å². The lowest BCUT2D eigenvalue weighted by atomic mass is 9.98. The summed E-state index contributed by atoms with van der Waals surface area (Å²) in [5.74, 6) is -0.209. The van der Waals surface area contributed by atoms with E-state index in [0.717, 1.165) is 50.0 Å². The van der Waals surface area contributed by atoms with Crippen LogP contribution in [-0.4, -0.2) is 55.5 Å². The summed E-state index contributed by atoms with van der Waals surface area (Å²) in [7, 11) is -3.36. The Kier molecular flexibility index (Phi) is 8.75. The minimum atomic E-state index is -3.36. The monoisotopic (exact) mass is 483 g/mol. The van der Waals surface area contributed by atoms with Gasteiger partial charge in [-0.25, -0.2) is 12.7 Å². The first kappa shape index (κ1) is 24.9. The standard InChI is InChI=1S/C27H37N3O3S/c31-27(28-20-24-11-6-12-25(19-24)21-29-15-4-5-16-29)26-14-7-17-30(22-26)34(32,33)18-8-13-23-9-2-1-3-10-23/h1-3,6,9-12,19,26H,4-5,7-8,13-18,20-22H2,(H,28,31)/t26-/m1/s1. The van der Waals surface area contributed by atoms with Gasteiger partial charge in [-0.2, -0.15) is 0 Å². The van der Waals surface area contributed by atoms with E-state index in [0.29, 0.717) is 19.5 Å². The summed E-state index contributed by atoms with van der Waals surface area (Å²) in [6.07, 6.45) is 5.34. The fourth-order valence-electron chi connectivity index (χ4n) is 5.01. The molecule has 2 aliphatic rings. The lowest BCUT2D eigenvalue weighted by Gasteiger charge is -2.31. The molecule has 34 heavy (non-hydrogen) atoms. The van der Waals surface area contributed by atoms with E-state index in [-0.39, 0.29) is 24.1 Å². The molecule has 7 heteroatoms. The second-order valence-corrected chi connectivity index (χ2v) is 11.7. The van der Waals surface area contributed by atoms with Gasteiger partial charge < -0.3 is 5.32 Å². The second kappa shape index (κ2) is 12.0. The SMILES string of the molecule is O=C(NCc1cccc(CN2CCCC2)c1)[C@@H]1CCCN(S(=O)(=O)CCCc2ccccc2)C1. The van der Waals surface area contributed by atoms with Crippen molar-refractivity contribution in [2.75, 3.05) is 31.9 Å². The third-order valence-electron chi connectivity index (χ3n) is 6.92. The number of sulfonamides is 1. The molecule has 2 aliphatic heterocycles. The van der Waals surface area contributed by atoms with Crippen LogP contribution in [0, 0.1) is 5.92 Å². The number of piperidine rings is 1. The maximum absolute atomic E-state index is 12.9. The van der Waals surface area contributed by atoms with Crippen LogP contribution in [-0.2, 0) is 34.3 Å². The fraction of sp³-hybridized carbons (Fsp3) is 0.519. The maximum atomic E-state index is 12.9. The predicted molar refractivity (Wildman–Crippen MR) is 136 cm³/mol. The Morgan fingerprint density at radius 3 is 2.44 bits per heavy atom. The molecule has 1 N–H and O–H groups in total. The highest BCUT2D eigenvalue weighted by atomic mass is 32.2. The van der Waals surface area contributed by atoms with Gasteiger partial charge in [-0.15, -0.1) is 0 Å². The quantitative estimate of drug-likeness (QED) is 0.561. The molecular weight excluding hydrogens is 446 g/mol. The highest BCUT2D eigenvalue weighted by Crippen LogP contribution is 2.21. The average Bonchev–Trinajstić information content (AvgIpc) is 3.36. The van der Waals surface area contributed by atoms with Crippen molar-refractivity contribution in [3.05, 3.63) is 71.3 Å². The zero-order chi connectivity index (χ0) is 23.8. The molecule has 0 aromatic heterocycles. The number of hydrogen-bond acceptors (Lipinski definition) is 4. The second-order valence-electron chi connectivity index (χ2n) is 9.62. The van der Waals surface area contributed by atoms with Crippen molar-refractivity contribution in [3.8, 4) is 0 Å². The topological polar surface area (TPSA) is 69.7 Å². The number of benzene rings is 2. The summed E-state index contributed by atoms with van der Waals surface area (Å²) in [5, 5.41) is 3.05. The molecule has 0 unspecified atom stereocenters. The van der Waals surface area contributed by atoms with Crippen LogP contribution in [0.5, 0.6) is 0 Å². The van der Waals surface area contributed by atoms with Crippen LogP contribution in [0.4, 0.5) is 0 Å². The van der Waals surface area contributed by atoms with Gasteiger partial charge in [-0.3, -0.25) is 9.69 Å². The highest BCUT2D eigenvalue weighted by Gasteiger charge is 2.32. The number of carbonyl (C=O) groups excluding carboxylic acids is 1. The summed E-state index contributed by atoms with van der Waals surface area (Å²) in [6.45, 7) is 4.56. The molecule has 0 saturated carbocycles. The Morgan fingerprint density at radius 1 is 0.912 bits per heavy atom. The molecule has 0 spiro atoms. The zero-order valence-electron chi connectivity index (χ0n) is 20.0. The average molecular weight is 484 g/mol. The normalized spacial score (nSPS) is 19.8. The molecule has 1 amide bonds. The van der Waals surface area contributed by atoms with E-state index in [2.05, 4.69) is 28.4 Å². The van der Waals surface area contributed by atoms with E-state index in [4.69, 9.17) is 0 Å². The fourth-order valence-corrected chi connectivity index (χ4v) is 6.59. The lowest BCUT2D eigenvalue weighted by molar-refractivity contribution is -0.126. The Balaban J connectivity index is 1.25. The Labute approximate surface area is 204 Å². The molecule has 2 heterocycles. The third-order valence-corrected chi connectivity index (χ3v) is 8.84. The van der Waals surface area contributed by atoms with Crippen molar-refractivity contribution in [1.29, 1.82) is 0 Å². The zero-order valence-corrected chi connectivity index (χ0v) is 20.8. The third kappa shape index (κ3) is 7.14. The molecule has 0 aliphatic carbocycles. The van der Waals surface area contributed by atoms with E-state index >= 15 is 0 Å². The number of amides is 1. The first-order valence-electron chi connectivity index (χ1n) is 12.6. The molecule has 0 radical (unpaired) electrons. The number of aryl methyl sites for hydroxylation is 1. The van der Waals surface area contributed by atoms with Crippen LogP contribution in [0.3, 0.4) is 0 Å². The smallest absolute Gasteiger partial charge is 0.224 e. The minimum Gasteiger partial charge on any atom is -0.352 e. The number of carbonyl (C=O) groups is 1. The van der Waals surface area contributed by atoms with Gasteiger partial charge in [0, 0.05) is 26.2 Å². The Bertz CT molecular complexity index is 1040. The number of hydrogen-bond donors (Lipinski definition) is 1. The largest absolute Gasteiger partial charge is 0.352 e. The van der Waals surface area contributed by atoms with E-state index in [1.54, 1.807) is 0 Å². The van der Waals surface area contributed by atoms with Gasteiger partial charge in [0.2, 0.25) is 15.9 Å². The van der Waals surface area contributed by atoms with Crippen molar-refractivity contribution in [1.82, 2.24) is 14.5 Å². The molecule has 6 nitrogen and oxygen atoms in total. The van der Waals surface area contributed by atoms with E-state index < -0.39 is 10.0 Å². The molecule has 0 bridgehead atoms. The molecule has 2 aromatic carbocycles. The Morgan fingerprint density at radius 2 is 1.65 bits per heavy atom. The molecule has 1 atom stereocenters. The van der Waals surface area contributed by atoms with Crippen LogP contribution in [0.15, 0.2) is 54.6 Å². The Hall–Kier alpha value is -2.22. The number of rotatable bonds is 10. The van der Waals surface area contributed by atoms with Crippen molar-refractivity contribution >= 4 is 15.9 Å². The van der Waals surface area contributed by atoms with E-state index in [9.17, 15) is 13.2 Å². The van der Waals surface area contributed by atoms with Gasteiger partial charge in [0.25, 0.3) is 0 Å². The molecule has 184 valence electrons. The predicted octanol–water partition coefficient (Wildman–Crippen LogP) is 3.57. The lowest BCUT2D eigenvalue weighted by Crippen LogP contribution is -2.46. The van der Waals surface area contributed by atoms with Gasteiger partial charge in [-0.05, 0) is 68.3 Å². The van der Waals surface area contributed by atoms with Crippen LogP contribution in [0.2, 0.25) is 0 Å². The maximum Gasteiger partial charge on any atom is 0.224 e. The van der Waals surface area contributed by atoms with Crippen LogP contribution >= 0.6 is 0 Å². The van der Waals surface area contributed by atoms with Gasteiger partial charge in [0.15, 0.2) is 0 Å². The summed E-state index contributed by atoms with van der Waals surface area (Å²) in [4.78, 5) is 15.3. The first-order valence-corrected chi connectivity index (χ1v) is 14.2. The molecule has 2 fully saturated rings. The minimum absolute atomic E-state index is 0.0471. The van der Waals surface area contributed by atoms with Crippen LogP contribution in [0.1, 0.15) is 48.8 Å². The molecule has 2 saturated heterocycles. The summed E-state index contributed by atoms with van der Waals surface area (Å²) >= 11 is 0. The van der Waals surface area contributed by atoms with Crippen molar-refractivity contribution in [2.45, 2.75) is 51.6 Å². The molecular formula is C27H37N3O3S. The molecule has 4 rings (SSSR count). The van der Waals surface area contributed by atoms with E-state index in [1.165, 1.54) is 22.7 Å². The highest BCUT2D eigenvalue weighted by molar-refractivity contribution is 7.89. The van der Waals surface area contributed by atoms with Gasteiger partial charge in [-0.1, -0.05) is 54.6 Å². The molecule has 2 aromatic rings. The van der Waals surface area contributed by atoms with Crippen LogP contribution < -0.4 is 5.32 Å². The van der Waals surface area contributed by atoms with Gasteiger partial charge in [0.05, 0.1) is 11.7 Å². The van der Waals surface area contributed by atoms with Crippen molar-refractivity contribution in [3.63, 3.8) is 0 Å². The number of nitrogens with one attached hydrogen (secondary N) is 1. The summed E-state index contributed by atoms with van der Waals surface area (Å²) in [6, 6.07) is 18.4. The first-order chi connectivity index (χ1) is 16.5. The van der Waals surface area contributed by atoms with E-state index in [1.807, 2.05) is 36.4 Å². The number of nitrogens with zero attached hydrogens (tertiary/aromatic N) is 2.